The molecule has 2 rings (SSSR count). The van der Waals surface area contributed by atoms with Gasteiger partial charge in [-0.25, -0.2) is 14.4 Å². The number of aromatic nitrogens is 2. The molecule has 1 N–H and O–H groups in total. The van der Waals surface area contributed by atoms with E-state index in [9.17, 15) is 9.18 Å². The highest BCUT2D eigenvalue weighted by Crippen LogP contribution is 2.23. The largest absolute Gasteiger partial charge is 0.481 e. The molecule has 0 saturated heterocycles. The van der Waals surface area contributed by atoms with Gasteiger partial charge in [0.05, 0.1) is 17.1 Å². The zero-order valence-corrected chi connectivity index (χ0v) is 9.44. The second kappa shape index (κ2) is 4.08. The summed E-state index contributed by atoms with van der Waals surface area (Å²) in [7, 11) is 0. The Morgan fingerprint density at radius 2 is 2.12 bits per heavy atom. The number of fused-ring (bicyclic) bond motifs is 1. The van der Waals surface area contributed by atoms with Gasteiger partial charge in [0, 0.05) is 11.5 Å². The fraction of sp³-hybridized carbons (Fsp3) is 0.250. The molecule has 88 valence electrons. The molecule has 1 unspecified atom stereocenters. The average Bonchev–Trinajstić information content (AvgIpc) is 2.26. The fourth-order valence-electron chi connectivity index (χ4n) is 1.69. The fourth-order valence-corrected chi connectivity index (χ4v) is 1.69. The van der Waals surface area contributed by atoms with Crippen molar-refractivity contribution in [2.75, 3.05) is 0 Å². The number of rotatable bonds is 2. The first-order valence-corrected chi connectivity index (χ1v) is 5.15. The minimum absolute atomic E-state index is 0.399. The molecule has 1 atom stereocenters. The maximum absolute atomic E-state index is 13.1. The van der Waals surface area contributed by atoms with Crippen LogP contribution >= 0.6 is 0 Å². The molecule has 0 spiro atoms. The number of benzene rings is 1. The smallest absolute Gasteiger partial charge is 0.312 e. The van der Waals surface area contributed by atoms with E-state index < -0.39 is 17.7 Å². The molecule has 1 aromatic heterocycles. The van der Waals surface area contributed by atoms with Crippen LogP contribution in [0.1, 0.15) is 24.4 Å². The number of aryl methyl sites for hydroxylation is 1. The van der Waals surface area contributed by atoms with Gasteiger partial charge in [-0.15, -0.1) is 0 Å². The Bertz CT molecular complexity index is 593. The maximum atomic E-state index is 13.1. The highest BCUT2D eigenvalue weighted by Gasteiger charge is 2.19. The van der Waals surface area contributed by atoms with Crippen LogP contribution in [0.15, 0.2) is 18.2 Å². The predicted molar refractivity (Wildman–Crippen MR) is 60.3 cm³/mol. The first kappa shape index (κ1) is 11.4. The number of hydrogen-bond donors (Lipinski definition) is 1. The molecule has 1 heterocycles. The Balaban J connectivity index is 2.74. The van der Waals surface area contributed by atoms with Gasteiger partial charge in [0.1, 0.15) is 11.6 Å². The third-order valence-corrected chi connectivity index (χ3v) is 2.58. The summed E-state index contributed by atoms with van der Waals surface area (Å²) in [5.41, 5.74) is 0.848. The van der Waals surface area contributed by atoms with Crippen LogP contribution in [-0.4, -0.2) is 21.0 Å². The number of hydrogen-bond acceptors (Lipinski definition) is 3. The van der Waals surface area contributed by atoms with E-state index in [0.29, 0.717) is 22.4 Å². The third-order valence-electron chi connectivity index (χ3n) is 2.58. The molecular weight excluding hydrogens is 223 g/mol. The van der Waals surface area contributed by atoms with E-state index in [1.807, 2.05) is 0 Å². The first-order chi connectivity index (χ1) is 7.99. The Morgan fingerprint density at radius 3 is 2.76 bits per heavy atom. The van der Waals surface area contributed by atoms with Gasteiger partial charge in [-0.05, 0) is 26.0 Å². The normalized spacial score (nSPS) is 12.6. The Hall–Kier alpha value is -2.04. The molecule has 1 aromatic carbocycles. The lowest BCUT2D eigenvalue weighted by Gasteiger charge is -2.10. The average molecular weight is 234 g/mol. The van der Waals surface area contributed by atoms with Crippen molar-refractivity contribution < 1.29 is 14.3 Å². The number of carbonyl (C=O) groups is 1. The van der Waals surface area contributed by atoms with Crippen LogP contribution in [0.25, 0.3) is 10.9 Å². The number of nitrogens with zero attached hydrogens (tertiary/aromatic N) is 2. The minimum atomic E-state index is -0.964. The summed E-state index contributed by atoms with van der Waals surface area (Å²) in [5, 5.41) is 9.58. The predicted octanol–water partition coefficient (Wildman–Crippen LogP) is 2.27. The van der Waals surface area contributed by atoms with Crippen molar-refractivity contribution in [2.45, 2.75) is 19.8 Å². The molecule has 5 heteroatoms. The monoisotopic (exact) mass is 234 g/mol. The standard InChI is InChI=1S/C12H11FN2O2/c1-6(12(16)17)11-9-4-3-8(13)5-10(9)14-7(2)15-11/h3-6H,1-2H3,(H,16,17). The molecule has 4 nitrogen and oxygen atoms in total. The summed E-state index contributed by atoms with van der Waals surface area (Å²) in [6.45, 7) is 3.20. The molecule has 0 aliphatic heterocycles. The Morgan fingerprint density at radius 1 is 1.41 bits per heavy atom. The van der Waals surface area contributed by atoms with Gasteiger partial charge in [-0.1, -0.05) is 0 Å². The highest BCUT2D eigenvalue weighted by molar-refractivity contribution is 5.87. The molecule has 0 aliphatic carbocycles. The topological polar surface area (TPSA) is 63.1 Å². The maximum Gasteiger partial charge on any atom is 0.312 e. The van der Waals surface area contributed by atoms with Crippen molar-refractivity contribution in [3.8, 4) is 0 Å². The molecule has 0 saturated carbocycles. The van der Waals surface area contributed by atoms with Crippen LogP contribution in [0.4, 0.5) is 4.39 Å². The highest BCUT2D eigenvalue weighted by atomic mass is 19.1. The summed E-state index contributed by atoms with van der Waals surface area (Å²) in [4.78, 5) is 19.2. The van der Waals surface area contributed by atoms with Crippen LogP contribution in [0.3, 0.4) is 0 Å². The van der Waals surface area contributed by atoms with E-state index >= 15 is 0 Å². The van der Waals surface area contributed by atoms with Crippen LogP contribution in [-0.2, 0) is 4.79 Å². The minimum Gasteiger partial charge on any atom is -0.481 e. The van der Waals surface area contributed by atoms with Gasteiger partial charge in [-0.3, -0.25) is 4.79 Å². The van der Waals surface area contributed by atoms with Crippen molar-refractivity contribution in [1.82, 2.24) is 9.97 Å². The quantitative estimate of drug-likeness (QED) is 0.865. The molecular formula is C12H11FN2O2. The Labute approximate surface area is 97.1 Å². The molecule has 0 fully saturated rings. The zero-order chi connectivity index (χ0) is 12.6. The van der Waals surface area contributed by atoms with E-state index in [2.05, 4.69) is 9.97 Å². The summed E-state index contributed by atoms with van der Waals surface area (Å²) >= 11 is 0. The number of carboxylic acid groups (broad SMARTS) is 1. The van der Waals surface area contributed by atoms with E-state index in [1.54, 1.807) is 13.8 Å². The van der Waals surface area contributed by atoms with Gasteiger partial charge in [0.2, 0.25) is 0 Å². The molecule has 17 heavy (non-hydrogen) atoms. The molecule has 0 bridgehead atoms. The van der Waals surface area contributed by atoms with Crippen LogP contribution < -0.4 is 0 Å². The molecule has 0 aliphatic rings. The summed E-state index contributed by atoms with van der Waals surface area (Å²) in [6, 6.07) is 4.07. The molecule has 0 radical (unpaired) electrons. The third kappa shape index (κ3) is 2.08. The van der Waals surface area contributed by atoms with E-state index in [4.69, 9.17) is 5.11 Å². The lowest BCUT2D eigenvalue weighted by atomic mass is 10.0. The summed E-state index contributed by atoms with van der Waals surface area (Å²) < 4.78 is 13.1. The van der Waals surface area contributed by atoms with Crippen molar-refractivity contribution in [2.24, 2.45) is 0 Å². The SMILES string of the molecule is Cc1nc(C(C)C(=O)O)c2ccc(F)cc2n1. The van der Waals surface area contributed by atoms with E-state index in [0.717, 1.165) is 0 Å². The van der Waals surface area contributed by atoms with Gasteiger partial charge < -0.3 is 5.11 Å². The van der Waals surface area contributed by atoms with Crippen LogP contribution in [0.2, 0.25) is 0 Å². The van der Waals surface area contributed by atoms with E-state index in [-0.39, 0.29) is 0 Å². The van der Waals surface area contributed by atoms with Crippen molar-refractivity contribution in [1.29, 1.82) is 0 Å². The number of carboxylic acids is 1. The lowest BCUT2D eigenvalue weighted by Crippen LogP contribution is -2.11. The van der Waals surface area contributed by atoms with Gasteiger partial charge >= 0.3 is 5.97 Å². The second-order valence-electron chi connectivity index (χ2n) is 3.88. The number of halogens is 1. The van der Waals surface area contributed by atoms with Gasteiger partial charge in [0.15, 0.2) is 0 Å². The Kier molecular flexibility index (Phi) is 2.75. The first-order valence-electron chi connectivity index (χ1n) is 5.15. The summed E-state index contributed by atoms with van der Waals surface area (Å²) in [5.74, 6) is -1.67. The second-order valence-corrected chi connectivity index (χ2v) is 3.88. The van der Waals surface area contributed by atoms with E-state index in [1.165, 1.54) is 18.2 Å². The van der Waals surface area contributed by atoms with Gasteiger partial charge in [-0.2, -0.15) is 0 Å². The van der Waals surface area contributed by atoms with Crippen molar-refractivity contribution in [3.05, 3.63) is 35.5 Å². The van der Waals surface area contributed by atoms with Crippen molar-refractivity contribution >= 4 is 16.9 Å². The van der Waals surface area contributed by atoms with Gasteiger partial charge in [0.25, 0.3) is 0 Å². The van der Waals surface area contributed by atoms with Crippen molar-refractivity contribution in [3.63, 3.8) is 0 Å². The van der Waals surface area contributed by atoms with Crippen LogP contribution in [0.5, 0.6) is 0 Å². The molecule has 2 aromatic rings. The number of aliphatic carboxylic acids is 1. The molecule has 0 amide bonds. The zero-order valence-electron chi connectivity index (χ0n) is 9.44. The summed E-state index contributed by atoms with van der Waals surface area (Å²) in [6.07, 6.45) is 0. The van der Waals surface area contributed by atoms with Crippen LogP contribution in [0, 0.1) is 12.7 Å². The lowest BCUT2D eigenvalue weighted by molar-refractivity contribution is -0.138.